The third-order valence-electron chi connectivity index (χ3n) is 5.04. The predicted molar refractivity (Wildman–Crippen MR) is 90.8 cm³/mol. The Morgan fingerprint density at radius 1 is 1.40 bits per heavy atom. The lowest BCUT2D eigenvalue weighted by Gasteiger charge is -2.21. The predicted octanol–water partition coefficient (Wildman–Crippen LogP) is 2.47. The Balaban J connectivity index is 1.80. The third-order valence-corrected chi connectivity index (χ3v) is 5.04. The van der Waals surface area contributed by atoms with Gasteiger partial charge in [0.15, 0.2) is 5.88 Å². The van der Waals surface area contributed by atoms with E-state index in [-0.39, 0.29) is 17.5 Å². The Morgan fingerprint density at radius 2 is 2.20 bits per heavy atom. The van der Waals surface area contributed by atoms with Crippen LogP contribution in [0.4, 0.5) is 0 Å². The fourth-order valence-corrected chi connectivity index (χ4v) is 3.85. The molecule has 128 valence electrons. The Morgan fingerprint density at radius 3 is 2.96 bits per heavy atom. The number of hydrogen-bond donors (Lipinski definition) is 3. The van der Waals surface area contributed by atoms with Crippen molar-refractivity contribution >= 4 is 11.0 Å². The summed E-state index contributed by atoms with van der Waals surface area (Å²) >= 11 is 0. The zero-order valence-corrected chi connectivity index (χ0v) is 13.6. The number of rotatable bonds is 4. The zero-order valence-electron chi connectivity index (χ0n) is 13.6. The molecule has 3 N–H and O–H groups in total. The molecule has 0 bridgehead atoms. The quantitative estimate of drug-likeness (QED) is 0.674. The maximum absolute atomic E-state index is 13.0. The number of nitriles is 1. The summed E-state index contributed by atoms with van der Waals surface area (Å²) < 4.78 is 1.56. The number of aromatic nitrogens is 5. The van der Waals surface area contributed by atoms with Crippen molar-refractivity contribution < 1.29 is 5.11 Å². The Kier molecular flexibility index (Phi) is 3.76. The molecule has 0 spiro atoms. The number of aromatic amines is 2. The van der Waals surface area contributed by atoms with Crippen LogP contribution in [-0.4, -0.2) is 29.8 Å². The van der Waals surface area contributed by atoms with Gasteiger partial charge in [0, 0.05) is 17.6 Å². The minimum atomic E-state index is -0.201. The van der Waals surface area contributed by atoms with Gasteiger partial charge in [-0.05, 0) is 18.8 Å². The summed E-state index contributed by atoms with van der Waals surface area (Å²) in [6, 6.07) is 3.57. The summed E-state index contributed by atoms with van der Waals surface area (Å²) in [5.74, 6) is 0.312. The topological polar surface area (TPSA) is 123 Å². The largest absolute Gasteiger partial charge is 0.495 e. The third kappa shape index (κ3) is 2.58. The first kappa shape index (κ1) is 15.4. The molecule has 0 amide bonds. The fourth-order valence-electron chi connectivity index (χ4n) is 3.85. The first-order valence-electron chi connectivity index (χ1n) is 8.39. The van der Waals surface area contributed by atoms with Crippen LogP contribution in [0, 0.1) is 17.2 Å². The van der Waals surface area contributed by atoms with Crippen LogP contribution in [-0.2, 0) is 0 Å². The molecule has 1 fully saturated rings. The maximum Gasteiger partial charge on any atom is 0.276 e. The van der Waals surface area contributed by atoms with Gasteiger partial charge in [0.1, 0.15) is 12.0 Å². The van der Waals surface area contributed by atoms with Crippen LogP contribution in [0.15, 0.2) is 23.4 Å². The van der Waals surface area contributed by atoms with Crippen molar-refractivity contribution in [3.63, 3.8) is 0 Å². The van der Waals surface area contributed by atoms with Gasteiger partial charge in [-0.15, -0.1) is 0 Å². The van der Waals surface area contributed by atoms with E-state index < -0.39 is 0 Å². The fraction of sp³-hybridized carbons (Fsp3) is 0.412. The van der Waals surface area contributed by atoms with Crippen LogP contribution in [0.3, 0.4) is 0 Å². The minimum Gasteiger partial charge on any atom is -0.495 e. The molecule has 1 atom stereocenters. The summed E-state index contributed by atoms with van der Waals surface area (Å²) in [4.78, 5) is 24.0. The highest BCUT2D eigenvalue weighted by atomic mass is 16.3. The van der Waals surface area contributed by atoms with Gasteiger partial charge in [-0.2, -0.15) is 5.26 Å². The highest BCUT2D eigenvalue weighted by molar-refractivity contribution is 5.91. The molecule has 0 aliphatic heterocycles. The van der Waals surface area contributed by atoms with Gasteiger partial charge in [0.2, 0.25) is 0 Å². The number of nitrogens with zero attached hydrogens (tertiary/aromatic N) is 4. The van der Waals surface area contributed by atoms with Gasteiger partial charge in [0.05, 0.1) is 29.8 Å². The van der Waals surface area contributed by atoms with E-state index in [0.29, 0.717) is 34.6 Å². The summed E-state index contributed by atoms with van der Waals surface area (Å²) in [6.07, 6.45) is 7.64. The van der Waals surface area contributed by atoms with Crippen molar-refractivity contribution in [2.24, 2.45) is 5.92 Å². The van der Waals surface area contributed by atoms with Gasteiger partial charge < -0.3 is 15.2 Å². The van der Waals surface area contributed by atoms with Crippen LogP contribution < -0.4 is 5.56 Å². The molecule has 1 unspecified atom stereocenters. The second-order valence-electron chi connectivity index (χ2n) is 6.48. The summed E-state index contributed by atoms with van der Waals surface area (Å²) in [7, 11) is 0. The number of fused-ring (bicyclic) bond motifs is 1. The van der Waals surface area contributed by atoms with Crippen molar-refractivity contribution in [1.29, 1.82) is 5.26 Å². The normalized spacial score (nSPS) is 16.3. The van der Waals surface area contributed by atoms with Crippen LogP contribution in [0.1, 0.15) is 38.1 Å². The van der Waals surface area contributed by atoms with Crippen molar-refractivity contribution in [2.45, 2.75) is 38.1 Å². The van der Waals surface area contributed by atoms with Crippen molar-refractivity contribution in [3.05, 3.63) is 28.9 Å². The van der Waals surface area contributed by atoms with E-state index in [1.54, 1.807) is 10.9 Å². The van der Waals surface area contributed by atoms with E-state index >= 15 is 0 Å². The molecule has 8 nitrogen and oxygen atoms in total. The molecule has 25 heavy (non-hydrogen) atoms. The summed E-state index contributed by atoms with van der Waals surface area (Å²) in [6.45, 7) is 0. The number of aromatic hydroxyl groups is 1. The highest BCUT2D eigenvalue weighted by Crippen LogP contribution is 2.35. The molecule has 4 rings (SSSR count). The first-order valence-corrected chi connectivity index (χ1v) is 8.39. The summed E-state index contributed by atoms with van der Waals surface area (Å²) in [5.41, 5.74) is 1.14. The van der Waals surface area contributed by atoms with Crippen LogP contribution in [0.2, 0.25) is 0 Å². The van der Waals surface area contributed by atoms with Crippen molar-refractivity contribution in [3.8, 4) is 23.2 Å². The molecule has 1 aliphatic carbocycles. The van der Waals surface area contributed by atoms with Gasteiger partial charge >= 0.3 is 0 Å². The Bertz CT molecular complexity index is 1000. The molecule has 1 saturated carbocycles. The molecular weight excluding hydrogens is 320 g/mol. The Labute approximate surface area is 143 Å². The van der Waals surface area contributed by atoms with Gasteiger partial charge in [-0.25, -0.2) is 14.6 Å². The number of hydrogen-bond acceptors (Lipinski definition) is 5. The standard InChI is InChI=1S/C17H18N6O2/c18-6-5-13(10-3-1-2-4-10)23-17(25)12(8-21-23)15-11-7-14(24)22-16(11)20-9-19-15/h7-10,13,21,24H,1-5H2,(H,19,20,22). The molecule has 1 aliphatic rings. The lowest BCUT2D eigenvalue weighted by Crippen LogP contribution is -2.27. The molecular formula is C17H18N6O2. The minimum absolute atomic E-state index is 0.0269. The zero-order chi connectivity index (χ0) is 17.4. The van der Waals surface area contributed by atoms with E-state index in [1.807, 2.05) is 0 Å². The molecule has 3 aromatic rings. The van der Waals surface area contributed by atoms with Gasteiger partial charge in [0.25, 0.3) is 5.56 Å². The molecule has 0 saturated heterocycles. The van der Waals surface area contributed by atoms with E-state index in [2.05, 4.69) is 26.1 Å². The van der Waals surface area contributed by atoms with Crippen LogP contribution in [0.5, 0.6) is 5.88 Å². The van der Waals surface area contributed by atoms with Gasteiger partial charge in [-0.1, -0.05) is 12.8 Å². The molecule has 0 aromatic carbocycles. The van der Waals surface area contributed by atoms with Crippen LogP contribution in [0.25, 0.3) is 22.3 Å². The number of H-pyrrole nitrogens is 2. The van der Waals surface area contributed by atoms with E-state index in [9.17, 15) is 15.2 Å². The second-order valence-corrected chi connectivity index (χ2v) is 6.48. The lowest BCUT2D eigenvalue weighted by atomic mass is 9.96. The average molecular weight is 338 g/mol. The molecule has 0 radical (unpaired) electrons. The maximum atomic E-state index is 13.0. The monoisotopic (exact) mass is 338 g/mol. The second kappa shape index (κ2) is 6.09. The smallest absolute Gasteiger partial charge is 0.276 e. The lowest BCUT2D eigenvalue weighted by molar-refractivity contribution is 0.308. The molecule has 3 aromatic heterocycles. The SMILES string of the molecule is N#CCC(C1CCCC1)n1[nH]cc(-c2ncnc3[nH]c(O)cc23)c1=O. The van der Waals surface area contributed by atoms with Crippen molar-refractivity contribution in [1.82, 2.24) is 24.7 Å². The number of nitrogens with one attached hydrogen (secondary N) is 2. The van der Waals surface area contributed by atoms with E-state index in [0.717, 1.165) is 25.7 Å². The van der Waals surface area contributed by atoms with Crippen LogP contribution >= 0.6 is 0 Å². The Hall–Kier alpha value is -3.08. The highest BCUT2D eigenvalue weighted by Gasteiger charge is 2.29. The average Bonchev–Trinajstić information content (AvgIpc) is 3.31. The summed E-state index contributed by atoms with van der Waals surface area (Å²) in [5, 5.41) is 22.4. The molecule has 8 heteroatoms. The van der Waals surface area contributed by atoms with Gasteiger partial charge in [-0.3, -0.25) is 4.79 Å². The van der Waals surface area contributed by atoms with E-state index in [4.69, 9.17) is 0 Å². The van der Waals surface area contributed by atoms with E-state index in [1.165, 1.54) is 12.4 Å². The molecule has 3 heterocycles. The first-order chi connectivity index (χ1) is 12.2. The van der Waals surface area contributed by atoms with Crippen molar-refractivity contribution in [2.75, 3.05) is 0 Å².